The molecule has 1 aliphatic heterocycles. The maximum Gasteiger partial charge on any atom is 0.274 e. The Labute approximate surface area is 219 Å². The molecule has 2 N–H and O–H groups in total. The summed E-state index contributed by atoms with van der Waals surface area (Å²) in [4.78, 5) is 24.2. The van der Waals surface area contributed by atoms with E-state index in [4.69, 9.17) is 4.74 Å². The molecule has 0 saturated carbocycles. The minimum atomic E-state index is -1.19. The fourth-order valence-electron chi connectivity index (χ4n) is 4.67. The Balaban J connectivity index is 1.21. The summed E-state index contributed by atoms with van der Waals surface area (Å²) in [6.07, 6.45) is 10.7. The smallest absolute Gasteiger partial charge is 0.274 e. The van der Waals surface area contributed by atoms with Crippen molar-refractivity contribution in [2.45, 2.75) is 32.5 Å². The van der Waals surface area contributed by atoms with Crippen LogP contribution in [0.2, 0.25) is 0 Å². The molecule has 8 nitrogen and oxygen atoms in total. The summed E-state index contributed by atoms with van der Waals surface area (Å²) in [5, 5.41) is 10.9. The van der Waals surface area contributed by atoms with E-state index in [1.165, 1.54) is 18.2 Å². The van der Waals surface area contributed by atoms with Crippen LogP contribution in [0.3, 0.4) is 0 Å². The second kappa shape index (κ2) is 10.2. The topological polar surface area (TPSA) is 96.0 Å². The van der Waals surface area contributed by atoms with Gasteiger partial charge in [-0.2, -0.15) is 5.10 Å². The number of ether oxygens (including phenoxy) is 1. The van der Waals surface area contributed by atoms with E-state index in [1.54, 1.807) is 30.4 Å². The zero-order valence-electron chi connectivity index (χ0n) is 20.9. The highest BCUT2D eigenvalue weighted by atomic mass is 19.1. The van der Waals surface area contributed by atoms with Crippen LogP contribution in [-0.2, 0) is 6.54 Å². The molecule has 1 amide bonds. The summed E-state index contributed by atoms with van der Waals surface area (Å²) in [6.45, 7) is 5.12. The number of fused-ring (bicyclic) bond motifs is 1. The maximum atomic E-state index is 14.0. The average molecular weight is 511 g/mol. The highest BCUT2D eigenvalue weighted by Crippen LogP contribution is 2.29. The Morgan fingerprint density at radius 1 is 1.18 bits per heavy atom. The number of pyridine rings is 2. The lowest BCUT2D eigenvalue weighted by Gasteiger charge is -2.30. The molecule has 1 saturated heterocycles. The van der Waals surface area contributed by atoms with Gasteiger partial charge >= 0.3 is 0 Å². The van der Waals surface area contributed by atoms with Gasteiger partial charge in [-0.15, -0.1) is 0 Å². The van der Waals surface area contributed by atoms with E-state index in [1.807, 2.05) is 25.4 Å². The van der Waals surface area contributed by atoms with Gasteiger partial charge < -0.3 is 10.1 Å². The quantitative estimate of drug-likeness (QED) is 0.348. The summed E-state index contributed by atoms with van der Waals surface area (Å²) in [5.41, 5.74) is 5.68. The molecule has 1 atom stereocenters. The van der Waals surface area contributed by atoms with Crippen molar-refractivity contribution in [1.29, 1.82) is 0 Å². The lowest BCUT2D eigenvalue weighted by atomic mass is 9.99. The van der Waals surface area contributed by atoms with Crippen LogP contribution >= 0.6 is 0 Å². The van der Waals surface area contributed by atoms with Crippen LogP contribution in [0.4, 0.5) is 10.1 Å². The number of amides is 1. The molecule has 192 valence electrons. The number of nitrogens with one attached hydrogen (secondary N) is 2. The summed E-state index contributed by atoms with van der Waals surface area (Å²) in [6, 6.07) is 9.45. The van der Waals surface area contributed by atoms with Gasteiger partial charge in [0.1, 0.15) is 11.5 Å². The Morgan fingerprint density at radius 2 is 2.08 bits per heavy atom. The minimum absolute atomic E-state index is 0.216. The van der Waals surface area contributed by atoms with Crippen LogP contribution in [-0.4, -0.2) is 50.2 Å². The summed E-state index contributed by atoms with van der Waals surface area (Å²) < 4.78 is 19.5. The molecule has 38 heavy (non-hydrogen) atoms. The molecule has 3 aromatic heterocycles. The molecule has 1 fully saturated rings. The molecule has 4 heterocycles. The number of rotatable bonds is 7. The lowest BCUT2D eigenvalue weighted by molar-refractivity contribution is 0.102. The number of likely N-dealkylation sites (tertiary alicyclic amines) is 1. The number of hydrogen-bond donors (Lipinski definition) is 2. The largest absolute Gasteiger partial charge is 0.440 e. The van der Waals surface area contributed by atoms with Gasteiger partial charge in [0.05, 0.1) is 17.4 Å². The molecule has 1 aromatic carbocycles. The van der Waals surface area contributed by atoms with Crippen LogP contribution in [0.5, 0.6) is 5.88 Å². The molecule has 4 aromatic rings. The van der Waals surface area contributed by atoms with E-state index >= 15 is 0 Å². The molecular formula is C29H27FN6O2. The monoisotopic (exact) mass is 510 g/mol. The number of anilines is 1. The van der Waals surface area contributed by atoms with Crippen molar-refractivity contribution < 1.29 is 13.9 Å². The number of aryl methyl sites for hydroxylation is 1. The zero-order chi connectivity index (χ0) is 26.1. The molecule has 6 rings (SSSR count). The zero-order valence-corrected chi connectivity index (χ0v) is 20.9. The normalized spacial score (nSPS) is 17.2. The first kappa shape index (κ1) is 24.0. The number of allylic oxidation sites excluding steroid dienone is 4. The van der Waals surface area contributed by atoms with Gasteiger partial charge in [0.2, 0.25) is 5.88 Å². The predicted octanol–water partition coefficient (Wildman–Crippen LogP) is 5.35. The number of carbonyl (C=O) groups excluding carboxylic acids is 1. The number of aromatic amines is 1. The predicted molar refractivity (Wildman–Crippen MR) is 144 cm³/mol. The molecular weight excluding hydrogens is 483 g/mol. The van der Waals surface area contributed by atoms with E-state index in [0.717, 1.165) is 47.2 Å². The Kier molecular flexibility index (Phi) is 6.43. The van der Waals surface area contributed by atoms with Gasteiger partial charge in [0.25, 0.3) is 5.91 Å². The van der Waals surface area contributed by atoms with Crippen molar-refractivity contribution in [2.75, 3.05) is 18.4 Å². The number of carbonyl (C=O) groups is 1. The fourth-order valence-corrected chi connectivity index (χ4v) is 4.67. The van der Waals surface area contributed by atoms with Crippen molar-refractivity contribution in [3.63, 3.8) is 0 Å². The molecule has 0 spiro atoms. The van der Waals surface area contributed by atoms with Crippen molar-refractivity contribution in [3.8, 4) is 17.0 Å². The van der Waals surface area contributed by atoms with E-state index in [0.29, 0.717) is 11.4 Å². The third-order valence-electron chi connectivity index (χ3n) is 6.82. The third-order valence-corrected chi connectivity index (χ3v) is 6.82. The average Bonchev–Trinajstić information content (AvgIpc) is 3.34. The van der Waals surface area contributed by atoms with E-state index < -0.39 is 6.17 Å². The molecule has 1 aliphatic carbocycles. The number of hydrogen-bond acceptors (Lipinski definition) is 6. The Hall–Kier alpha value is -4.37. The standard InChI is InChI=1S/C29H27FN6O2/c1-18-11-20(21-12-19(14-31-15-21)17-36-9-4-10-36)13-23-27(18)34-35-28(23)29(37)33-22-7-8-26(32-16-22)38-25-6-3-2-5-24(25)30/h2-3,6-8,11-16,24H,4-5,9-10,17H2,1H3,(H,33,37)(H,34,35). The van der Waals surface area contributed by atoms with Crippen LogP contribution in [0.1, 0.15) is 34.5 Å². The highest BCUT2D eigenvalue weighted by Gasteiger charge is 2.19. The first-order valence-electron chi connectivity index (χ1n) is 12.6. The van der Waals surface area contributed by atoms with Crippen LogP contribution < -0.4 is 10.1 Å². The molecule has 2 aliphatic rings. The molecule has 0 radical (unpaired) electrons. The molecule has 9 heteroatoms. The van der Waals surface area contributed by atoms with Crippen molar-refractivity contribution >= 4 is 22.5 Å². The van der Waals surface area contributed by atoms with Crippen LogP contribution in [0.25, 0.3) is 22.0 Å². The van der Waals surface area contributed by atoms with E-state index in [9.17, 15) is 9.18 Å². The number of benzene rings is 1. The van der Waals surface area contributed by atoms with Gasteiger partial charge in [0, 0.05) is 42.4 Å². The number of H-pyrrole nitrogens is 1. The Bertz CT molecular complexity index is 1560. The lowest BCUT2D eigenvalue weighted by Crippen LogP contribution is -2.36. The van der Waals surface area contributed by atoms with Crippen LogP contribution in [0.15, 0.2) is 72.9 Å². The Morgan fingerprint density at radius 3 is 2.84 bits per heavy atom. The fraction of sp³-hybridized carbons (Fsp3) is 0.241. The first-order valence-corrected chi connectivity index (χ1v) is 12.6. The van der Waals surface area contributed by atoms with Gasteiger partial charge in [-0.3, -0.25) is 19.8 Å². The number of aromatic nitrogens is 4. The SMILES string of the molecule is Cc1cc(-c2cncc(CN3CCC3)c2)cc2c(C(=O)Nc3ccc(OC4=CC=CCC4F)nc3)[nH]nc12. The summed E-state index contributed by atoms with van der Waals surface area (Å²) in [5.74, 6) is 0.130. The van der Waals surface area contributed by atoms with Gasteiger partial charge in [-0.1, -0.05) is 12.2 Å². The second-order valence-corrected chi connectivity index (χ2v) is 9.64. The second-order valence-electron chi connectivity index (χ2n) is 9.64. The maximum absolute atomic E-state index is 14.0. The van der Waals surface area contributed by atoms with Crippen molar-refractivity contribution in [2.24, 2.45) is 0 Å². The highest BCUT2D eigenvalue weighted by molar-refractivity contribution is 6.12. The minimum Gasteiger partial charge on any atom is -0.440 e. The molecule has 1 unspecified atom stereocenters. The van der Waals surface area contributed by atoms with E-state index in [-0.39, 0.29) is 24.0 Å². The molecule has 0 bridgehead atoms. The summed E-state index contributed by atoms with van der Waals surface area (Å²) >= 11 is 0. The summed E-state index contributed by atoms with van der Waals surface area (Å²) in [7, 11) is 0. The van der Waals surface area contributed by atoms with Crippen molar-refractivity contribution in [3.05, 3.63) is 89.7 Å². The van der Waals surface area contributed by atoms with Gasteiger partial charge in [-0.25, -0.2) is 9.37 Å². The van der Waals surface area contributed by atoms with Crippen LogP contribution in [0, 0.1) is 6.92 Å². The third kappa shape index (κ3) is 4.92. The van der Waals surface area contributed by atoms with Gasteiger partial charge in [0.15, 0.2) is 6.17 Å². The number of alkyl halides is 1. The van der Waals surface area contributed by atoms with Gasteiger partial charge in [-0.05, 0) is 73.5 Å². The van der Waals surface area contributed by atoms with E-state index in [2.05, 4.69) is 42.5 Å². The van der Waals surface area contributed by atoms with Crippen molar-refractivity contribution in [1.82, 2.24) is 25.1 Å². The number of nitrogens with zero attached hydrogens (tertiary/aromatic N) is 4. The first-order chi connectivity index (χ1) is 18.5. The number of halogens is 1.